The van der Waals surface area contributed by atoms with Crippen molar-refractivity contribution in [2.24, 2.45) is 7.05 Å². The maximum Gasteiger partial charge on any atom is 0.286 e. The van der Waals surface area contributed by atoms with Crippen LogP contribution in [0.3, 0.4) is 0 Å². The number of aryl methyl sites for hydroxylation is 1. The number of phenols is 1. The summed E-state index contributed by atoms with van der Waals surface area (Å²) >= 11 is 0. The van der Waals surface area contributed by atoms with Crippen molar-refractivity contribution >= 4 is 0 Å². The van der Waals surface area contributed by atoms with Gasteiger partial charge in [0.25, 0.3) is 6.33 Å². The van der Waals surface area contributed by atoms with Gasteiger partial charge in [-0.1, -0.05) is 12.1 Å². The van der Waals surface area contributed by atoms with Gasteiger partial charge in [0.2, 0.25) is 5.69 Å². The van der Waals surface area contributed by atoms with Gasteiger partial charge in [0.1, 0.15) is 0 Å². The second-order valence-corrected chi connectivity index (χ2v) is 2.67. The predicted molar refractivity (Wildman–Crippen MR) is 44.2 cm³/mol. The van der Waals surface area contributed by atoms with Crippen LogP contribution in [0.2, 0.25) is 0 Å². The zero-order chi connectivity index (χ0) is 9.26. The molecular formula is C8H9N4O+. The lowest BCUT2D eigenvalue weighted by Crippen LogP contribution is -2.30. The van der Waals surface area contributed by atoms with Crippen LogP contribution >= 0.6 is 0 Å². The molecule has 2 rings (SSSR count). The standard InChI is InChI=1S/C8H8N4O/c1-11-6-9-12(10-11)7-4-2-3-5-8(7)13/h2-6H,1H3/p+1. The number of aromatic hydroxyl groups is 1. The Labute approximate surface area is 74.8 Å². The van der Waals surface area contributed by atoms with Crippen molar-refractivity contribution in [3.63, 3.8) is 0 Å². The molecule has 1 aromatic heterocycles. The Bertz CT molecular complexity index is 424. The summed E-state index contributed by atoms with van der Waals surface area (Å²) in [5, 5.41) is 17.4. The topological polar surface area (TPSA) is 54.8 Å². The predicted octanol–water partition coefficient (Wildman–Crippen LogP) is -0.203. The zero-order valence-electron chi connectivity index (χ0n) is 7.12. The lowest BCUT2D eigenvalue weighted by molar-refractivity contribution is -0.732. The van der Waals surface area contributed by atoms with Crippen molar-refractivity contribution in [2.75, 3.05) is 0 Å². The summed E-state index contributed by atoms with van der Waals surface area (Å²) in [5.74, 6) is 0.165. The molecule has 0 aliphatic rings. The van der Waals surface area contributed by atoms with Crippen LogP contribution in [-0.2, 0) is 7.05 Å². The maximum atomic E-state index is 9.46. The lowest BCUT2D eigenvalue weighted by Gasteiger charge is -1.93. The van der Waals surface area contributed by atoms with Gasteiger partial charge in [-0.25, -0.2) is 0 Å². The first-order valence-corrected chi connectivity index (χ1v) is 3.84. The van der Waals surface area contributed by atoms with Gasteiger partial charge >= 0.3 is 0 Å². The Hall–Kier alpha value is -1.91. The van der Waals surface area contributed by atoms with Crippen LogP contribution < -0.4 is 4.68 Å². The molecule has 1 heterocycles. The van der Waals surface area contributed by atoms with E-state index in [9.17, 15) is 5.11 Å². The molecule has 0 saturated heterocycles. The van der Waals surface area contributed by atoms with Gasteiger partial charge in [0, 0.05) is 4.80 Å². The molecule has 2 aromatic rings. The molecule has 5 nitrogen and oxygen atoms in total. The third-order valence-electron chi connectivity index (χ3n) is 1.65. The van der Waals surface area contributed by atoms with E-state index in [1.807, 2.05) is 6.07 Å². The third-order valence-corrected chi connectivity index (χ3v) is 1.65. The molecule has 0 radical (unpaired) electrons. The van der Waals surface area contributed by atoms with E-state index in [0.29, 0.717) is 5.69 Å². The van der Waals surface area contributed by atoms with E-state index < -0.39 is 0 Å². The molecule has 1 aromatic carbocycles. The molecule has 1 N–H and O–H groups in total. The minimum atomic E-state index is 0.165. The molecule has 0 spiro atoms. The second kappa shape index (κ2) is 2.85. The lowest BCUT2D eigenvalue weighted by atomic mass is 10.3. The fourth-order valence-corrected chi connectivity index (χ4v) is 1.05. The highest BCUT2D eigenvalue weighted by Crippen LogP contribution is 2.17. The molecule has 0 atom stereocenters. The molecule has 13 heavy (non-hydrogen) atoms. The van der Waals surface area contributed by atoms with Crippen LogP contribution in [0.1, 0.15) is 0 Å². The van der Waals surface area contributed by atoms with Crippen molar-refractivity contribution in [1.82, 2.24) is 15.1 Å². The summed E-state index contributed by atoms with van der Waals surface area (Å²) in [5.41, 5.74) is 0.572. The van der Waals surface area contributed by atoms with Gasteiger partial charge in [-0.15, -0.1) is 4.68 Å². The SMILES string of the molecule is C[n+]1cnn(-c2ccccc2O)n1. The van der Waals surface area contributed by atoms with Gasteiger partial charge in [-0.2, -0.15) is 0 Å². The van der Waals surface area contributed by atoms with Gasteiger partial charge in [-0.05, 0) is 12.1 Å². The molecule has 0 saturated carbocycles. The van der Waals surface area contributed by atoms with Crippen LogP contribution in [0, 0.1) is 0 Å². The van der Waals surface area contributed by atoms with Crippen LogP contribution in [0.4, 0.5) is 0 Å². The summed E-state index contributed by atoms with van der Waals surface area (Å²) in [6.45, 7) is 0. The Morgan fingerprint density at radius 3 is 2.77 bits per heavy atom. The largest absolute Gasteiger partial charge is 0.504 e. The molecule has 0 unspecified atom stereocenters. The highest BCUT2D eigenvalue weighted by molar-refractivity contribution is 5.43. The van der Waals surface area contributed by atoms with Gasteiger partial charge in [-0.3, -0.25) is 0 Å². The van der Waals surface area contributed by atoms with Gasteiger partial charge in [0.15, 0.2) is 5.75 Å². The Kier molecular flexibility index (Phi) is 1.70. The average molecular weight is 177 g/mol. The monoisotopic (exact) mass is 177 g/mol. The fourth-order valence-electron chi connectivity index (χ4n) is 1.05. The van der Waals surface area contributed by atoms with Gasteiger partial charge in [0.05, 0.1) is 17.4 Å². The van der Waals surface area contributed by atoms with E-state index >= 15 is 0 Å². The normalized spacial score (nSPS) is 10.2. The minimum absolute atomic E-state index is 0.165. The minimum Gasteiger partial charge on any atom is -0.504 e. The summed E-state index contributed by atoms with van der Waals surface area (Å²) in [6, 6.07) is 6.91. The van der Waals surface area contributed by atoms with Crippen molar-refractivity contribution in [2.45, 2.75) is 0 Å². The van der Waals surface area contributed by atoms with Crippen LogP contribution in [0.25, 0.3) is 5.69 Å². The summed E-state index contributed by atoms with van der Waals surface area (Å²) in [6.07, 6.45) is 1.56. The molecule has 66 valence electrons. The van der Waals surface area contributed by atoms with Crippen molar-refractivity contribution in [3.05, 3.63) is 30.6 Å². The van der Waals surface area contributed by atoms with Crippen LogP contribution in [0.5, 0.6) is 5.75 Å². The number of aromatic nitrogens is 4. The molecule has 0 aliphatic carbocycles. The molecule has 0 amide bonds. The molecule has 0 fully saturated rings. The summed E-state index contributed by atoms with van der Waals surface area (Å²) in [4.78, 5) is 1.37. The Morgan fingerprint density at radius 1 is 1.38 bits per heavy atom. The highest BCUT2D eigenvalue weighted by atomic mass is 16.3. The first-order chi connectivity index (χ1) is 6.27. The van der Waals surface area contributed by atoms with E-state index in [0.717, 1.165) is 0 Å². The first kappa shape index (κ1) is 7.72. The Morgan fingerprint density at radius 2 is 2.15 bits per heavy atom. The van der Waals surface area contributed by atoms with Gasteiger partial charge < -0.3 is 5.11 Å². The number of phenolic OH excluding ortho intramolecular Hbond substituents is 1. The van der Waals surface area contributed by atoms with E-state index in [-0.39, 0.29) is 5.75 Å². The zero-order valence-corrected chi connectivity index (χ0v) is 7.12. The second-order valence-electron chi connectivity index (χ2n) is 2.67. The smallest absolute Gasteiger partial charge is 0.286 e. The maximum absolute atomic E-state index is 9.46. The van der Waals surface area contributed by atoms with E-state index in [2.05, 4.69) is 10.3 Å². The highest BCUT2D eigenvalue weighted by Gasteiger charge is 2.11. The molecule has 0 bridgehead atoms. The fraction of sp³-hybridized carbons (Fsp3) is 0.125. The first-order valence-electron chi connectivity index (χ1n) is 3.84. The summed E-state index contributed by atoms with van der Waals surface area (Å²) < 4.78 is 1.56. The van der Waals surface area contributed by atoms with Crippen LogP contribution in [0.15, 0.2) is 30.6 Å². The number of nitrogens with zero attached hydrogens (tertiary/aromatic N) is 4. The number of benzene rings is 1. The van der Waals surface area contributed by atoms with Crippen LogP contribution in [-0.4, -0.2) is 20.2 Å². The molecule has 0 aliphatic heterocycles. The van der Waals surface area contributed by atoms with E-state index in [1.165, 1.54) is 4.80 Å². The molecule has 5 heteroatoms. The number of rotatable bonds is 1. The number of tetrazole rings is 1. The quantitative estimate of drug-likeness (QED) is 0.613. The van der Waals surface area contributed by atoms with E-state index in [4.69, 9.17) is 0 Å². The summed E-state index contributed by atoms with van der Waals surface area (Å²) in [7, 11) is 1.77. The number of para-hydroxylation sites is 2. The third kappa shape index (κ3) is 1.35. The van der Waals surface area contributed by atoms with Crippen molar-refractivity contribution < 1.29 is 9.79 Å². The number of hydrogen-bond acceptors (Lipinski definition) is 3. The Balaban J connectivity index is 2.52. The van der Waals surface area contributed by atoms with Crippen molar-refractivity contribution in [1.29, 1.82) is 0 Å². The average Bonchev–Trinajstić information content (AvgIpc) is 2.53. The van der Waals surface area contributed by atoms with E-state index in [1.54, 1.807) is 36.3 Å². The number of hydrogen-bond donors (Lipinski definition) is 1. The van der Waals surface area contributed by atoms with Crippen molar-refractivity contribution in [3.8, 4) is 11.4 Å². The molecular weight excluding hydrogens is 168 g/mol.